The molecule has 12 nitrogen and oxygen atoms in total. The molecule has 0 radical (unpaired) electrons. The Morgan fingerprint density at radius 2 is 1.22 bits per heavy atom. The van der Waals surface area contributed by atoms with E-state index in [-0.39, 0.29) is 28.4 Å². The van der Waals surface area contributed by atoms with Crippen LogP contribution in [-0.4, -0.2) is 54.9 Å². The summed E-state index contributed by atoms with van der Waals surface area (Å²) in [4.78, 5) is 51.6. The van der Waals surface area contributed by atoms with E-state index in [0.29, 0.717) is 39.8 Å². The fraction of sp³-hybridized carbons (Fsp3) is 0.212. The van der Waals surface area contributed by atoms with Crippen LogP contribution in [-0.2, 0) is 0 Å². The molecule has 5 rings (SSSR count). The van der Waals surface area contributed by atoms with Gasteiger partial charge in [-0.1, -0.05) is 18.2 Å². The third-order valence-electron chi connectivity index (χ3n) is 7.40. The van der Waals surface area contributed by atoms with E-state index in [1.807, 2.05) is 13.8 Å². The van der Waals surface area contributed by atoms with Crippen molar-refractivity contribution in [2.24, 2.45) is 0 Å². The minimum absolute atomic E-state index is 0.00295. The van der Waals surface area contributed by atoms with Gasteiger partial charge in [0.15, 0.2) is 11.5 Å². The fourth-order valence-electron chi connectivity index (χ4n) is 5.41. The summed E-state index contributed by atoms with van der Waals surface area (Å²) >= 11 is 0. The number of methoxy groups -OCH3 is 1. The molecule has 0 aliphatic heterocycles. The third-order valence-corrected chi connectivity index (χ3v) is 7.40. The molecule has 2 aromatic heterocycles. The van der Waals surface area contributed by atoms with E-state index >= 15 is 0 Å². The number of hydrogen-bond acceptors (Lipinski definition) is 6. The second-order valence-corrected chi connectivity index (χ2v) is 10.8. The van der Waals surface area contributed by atoms with Crippen molar-refractivity contribution in [3.05, 3.63) is 127 Å². The van der Waals surface area contributed by atoms with E-state index in [2.05, 4.69) is 10.2 Å². The highest BCUT2D eigenvalue weighted by atomic mass is 16.5. The number of carboxylic acids is 2. The first-order valence-corrected chi connectivity index (χ1v) is 14.1. The molecule has 0 unspecified atom stereocenters. The second-order valence-electron chi connectivity index (χ2n) is 10.8. The topological polar surface area (TPSA) is 169 Å². The van der Waals surface area contributed by atoms with Crippen molar-refractivity contribution in [1.29, 1.82) is 0 Å². The molecule has 0 fully saturated rings. The predicted molar refractivity (Wildman–Crippen MR) is 166 cm³/mol. The minimum Gasteiger partial charge on any atom is -0.493 e. The van der Waals surface area contributed by atoms with Crippen LogP contribution in [0.3, 0.4) is 0 Å². The largest absolute Gasteiger partial charge is 0.493 e. The van der Waals surface area contributed by atoms with E-state index in [0.717, 1.165) is 0 Å². The number of aromatic nitrogens is 4. The number of ether oxygens (including phenoxy) is 2. The molecule has 0 atom stereocenters. The van der Waals surface area contributed by atoms with Crippen LogP contribution in [0, 0.1) is 13.8 Å². The number of carbonyl (C=O) groups is 2. The Balaban J connectivity index is 1.77. The number of hydrogen-bond donors (Lipinski definition) is 4. The van der Waals surface area contributed by atoms with Gasteiger partial charge < -0.3 is 19.7 Å². The van der Waals surface area contributed by atoms with Gasteiger partial charge in [0.1, 0.15) is 0 Å². The lowest BCUT2D eigenvalue weighted by Gasteiger charge is -2.19. The lowest BCUT2D eigenvalue weighted by atomic mass is 9.85. The summed E-state index contributed by atoms with van der Waals surface area (Å²) in [6.45, 7) is 7.16. The Morgan fingerprint density at radius 1 is 0.733 bits per heavy atom. The van der Waals surface area contributed by atoms with Gasteiger partial charge >= 0.3 is 11.9 Å². The number of benzene rings is 3. The normalized spacial score (nSPS) is 11.3. The first-order chi connectivity index (χ1) is 21.4. The van der Waals surface area contributed by atoms with Crippen molar-refractivity contribution in [1.82, 2.24) is 19.6 Å². The van der Waals surface area contributed by atoms with E-state index < -0.39 is 29.0 Å². The first-order valence-electron chi connectivity index (χ1n) is 14.1. The molecule has 0 aliphatic rings. The summed E-state index contributed by atoms with van der Waals surface area (Å²) in [5.74, 6) is -2.32. The quantitative estimate of drug-likeness (QED) is 0.177. The molecule has 0 spiro atoms. The van der Waals surface area contributed by atoms with E-state index in [9.17, 15) is 29.4 Å². The van der Waals surface area contributed by atoms with Crippen molar-refractivity contribution in [2.45, 2.75) is 39.7 Å². The molecule has 45 heavy (non-hydrogen) atoms. The Kier molecular flexibility index (Phi) is 8.23. The van der Waals surface area contributed by atoms with Gasteiger partial charge in [-0.3, -0.25) is 19.8 Å². The van der Waals surface area contributed by atoms with Crippen LogP contribution in [0.4, 0.5) is 0 Å². The lowest BCUT2D eigenvalue weighted by Crippen LogP contribution is -2.25. The van der Waals surface area contributed by atoms with Gasteiger partial charge in [0.25, 0.3) is 11.1 Å². The van der Waals surface area contributed by atoms with Crippen molar-refractivity contribution in [3.63, 3.8) is 0 Å². The number of aromatic amines is 2. The second kappa shape index (κ2) is 12.1. The highest BCUT2D eigenvalue weighted by Gasteiger charge is 2.32. The number of rotatable bonds is 10. The van der Waals surface area contributed by atoms with Crippen LogP contribution in [0.15, 0.2) is 76.3 Å². The predicted octanol–water partition coefficient (Wildman–Crippen LogP) is 4.63. The van der Waals surface area contributed by atoms with Crippen LogP contribution in [0.5, 0.6) is 11.5 Å². The number of nitrogens with zero attached hydrogens (tertiary/aromatic N) is 2. The van der Waals surface area contributed by atoms with Gasteiger partial charge in [-0.05, 0) is 81.8 Å². The van der Waals surface area contributed by atoms with Crippen LogP contribution >= 0.6 is 0 Å². The lowest BCUT2D eigenvalue weighted by molar-refractivity contribution is 0.0686. The summed E-state index contributed by atoms with van der Waals surface area (Å²) in [6, 6.07) is 17.1. The zero-order valence-electron chi connectivity index (χ0n) is 25.2. The molecule has 0 aliphatic carbocycles. The van der Waals surface area contributed by atoms with E-state index in [1.165, 1.54) is 52.9 Å². The summed E-state index contributed by atoms with van der Waals surface area (Å²) in [7, 11) is 1.50. The van der Waals surface area contributed by atoms with Crippen LogP contribution in [0.25, 0.3) is 11.4 Å². The maximum Gasteiger partial charge on any atom is 0.335 e. The standard InChI is InChI=1S/C33H32N4O8/c1-17(2)45-25-13-12-20(16-26(25)44-5)29(27-18(3)34-36(30(27)38)23-10-6-8-21(14-23)32(40)41)28-19(4)35-37(31(28)39)24-11-7-9-22(15-24)33(42)43/h6-17,29,34-35H,1-5H3,(H,40,41)(H,42,43). The van der Waals surface area contributed by atoms with Crippen molar-refractivity contribution in [3.8, 4) is 22.9 Å². The smallest absolute Gasteiger partial charge is 0.335 e. The molecule has 0 amide bonds. The number of carboxylic acid groups (broad SMARTS) is 2. The minimum atomic E-state index is -1.14. The molecule has 0 saturated carbocycles. The SMILES string of the molecule is COc1cc(C(c2c(C)[nH]n(-c3cccc(C(=O)O)c3)c2=O)c2c(C)[nH]n(-c3cccc(C(=O)O)c3)c2=O)ccc1OC(C)C. The van der Waals surface area contributed by atoms with E-state index in [4.69, 9.17) is 9.47 Å². The molecule has 4 N–H and O–H groups in total. The summed E-state index contributed by atoms with van der Waals surface area (Å²) in [5, 5.41) is 25.1. The molecule has 232 valence electrons. The molecule has 5 aromatic rings. The number of aryl methyl sites for hydroxylation is 2. The van der Waals surface area contributed by atoms with Crippen molar-refractivity contribution >= 4 is 11.9 Å². The van der Waals surface area contributed by atoms with Crippen molar-refractivity contribution < 1.29 is 29.3 Å². The Bertz CT molecular complexity index is 1930. The maximum absolute atomic E-state index is 14.2. The zero-order valence-corrected chi connectivity index (χ0v) is 25.2. The Morgan fingerprint density at radius 3 is 1.64 bits per heavy atom. The van der Waals surface area contributed by atoms with Gasteiger partial charge in [-0.15, -0.1) is 0 Å². The highest BCUT2D eigenvalue weighted by Crippen LogP contribution is 2.37. The number of H-pyrrole nitrogens is 2. The highest BCUT2D eigenvalue weighted by molar-refractivity contribution is 5.88. The molecule has 12 heteroatoms. The van der Waals surface area contributed by atoms with Crippen LogP contribution in [0.2, 0.25) is 0 Å². The van der Waals surface area contributed by atoms with Crippen LogP contribution in [0.1, 0.15) is 68.6 Å². The number of nitrogens with one attached hydrogen (secondary N) is 2. The van der Waals surface area contributed by atoms with Gasteiger partial charge in [0.2, 0.25) is 0 Å². The van der Waals surface area contributed by atoms with Crippen LogP contribution < -0.4 is 20.6 Å². The van der Waals surface area contributed by atoms with Gasteiger partial charge in [0, 0.05) is 17.3 Å². The molecular formula is C33H32N4O8. The third kappa shape index (κ3) is 5.77. The van der Waals surface area contributed by atoms with E-state index in [1.54, 1.807) is 44.2 Å². The molecule has 0 saturated heterocycles. The van der Waals surface area contributed by atoms with Gasteiger partial charge in [-0.2, -0.15) is 0 Å². The monoisotopic (exact) mass is 612 g/mol. The zero-order chi connectivity index (χ0) is 32.6. The van der Waals surface area contributed by atoms with Gasteiger partial charge in [0.05, 0.1) is 46.8 Å². The molecular weight excluding hydrogens is 580 g/mol. The Hall–Kier alpha value is -5.78. The summed E-state index contributed by atoms with van der Waals surface area (Å²) in [6.07, 6.45) is -0.137. The van der Waals surface area contributed by atoms with Gasteiger partial charge in [-0.25, -0.2) is 19.0 Å². The maximum atomic E-state index is 14.2. The Labute approximate surface area is 257 Å². The summed E-state index contributed by atoms with van der Waals surface area (Å²) in [5.41, 5.74) is 1.60. The molecule has 2 heterocycles. The summed E-state index contributed by atoms with van der Waals surface area (Å²) < 4.78 is 14.0. The first kappa shape index (κ1) is 30.7. The molecule has 3 aromatic carbocycles. The number of aromatic carboxylic acids is 2. The van der Waals surface area contributed by atoms with Crippen molar-refractivity contribution in [2.75, 3.05) is 7.11 Å². The molecule has 0 bridgehead atoms. The average molecular weight is 613 g/mol. The fourth-order valence-corrected chi connectivity index (χ4v) is 5.41. The average Bonchev–Trinajstić information content (AvgIpc) is 3.47.